The van der Waals surface area contributed by atoms with E-state index in [1.807, 2.05) is 24.4 Å². The summed E-state index contributed by atoms with van der Waals surface area (Å²) in [6, 6.07) is 9.95. The molecule has 3 nitrogen and oxygen atoms in total. The number of nitrogen functional groups attached to an aromatic ring is 1. The average molecular weight is 253 g/mol. The van der Waals surface area contributed by atoms with E-state index in [1.54, 1.807) is 23.7 Å². The summed E-state index contributed by atoms with van der Waals surface area (Å²) in [5.41, 5.74) is 8.98. The third-order valence-corrected chi connectivity index (χ3v) is 3.64. The summed E-state index contributed by atoms with van der Waals surface area (Å²) in [5, 5.41) is 2.13. The van der Waals surface area contributed by atoms with Crippen molar-refractivity contribution in [2.24, 2.45) is 0 Å². The van der Waals surface area contributed by atoms with E-state index < -0.39 is 0 Å². The number of nitrogens with zero attached hydrogens (tertiary/aromatic N) is 2. The first kappa shape index (κ1) is 10.9. The summed E-state index contributed by atoms with van der Waals surface area (Å²) in [6.45, 7) is 0. The Bertz CT molecular complexity index is 644. The second-order valence-electron chi connectivity index (χ2n) is 3.91. The Labute approximate surface area is 109 Å². The summed E-state index contributed by atoms with van der Waals surface area (Å²) >= 11 is 1.69. The first-order chi connectivity index (χ1) is 8.83. The van der Waals surface area contributed by atoms with Gasteiger partial charge in [0, 0.05) is 34.6 Å². The summed E-state index contributed by atoms with van der Waals surface area (Å²) in [6.07, 6.45) is 5.45. The zero-order chi connectivity index (χ0) is 12.4. The third kappa shape index (κ3) is 2.10. The van der Waals surface area contributed by atoms with E-state index in [4.69, 9.17) is 5.73 Å². The highest BCUT2D eigenvalue weighted by Gasteiger charge is 2.04. The van der Waals surface area contributed by atoms with Crippen LogP contribution in [0.25, 0.3) is 21.6 Å². The Kier molecular flexibility index (Phi) is 2.78. The molecule has 3 heterocycles. The van der Waals surface area contributed by atoms with Crippen LogP contribution < -0.4 is 5.73 Å². The molecule has 0 saturated heterocycles. The number of anilines is 1. The van der Waals surface area contributed by atoms with Crippen LogP contribution in [0.5, 0.6) is 0 Å². The first-order valence-corrected chi connectivity index (χ1v) is 6.42. The van der Waals surface area contributed by atoms with Gasteiger partial charge in [0.1, 0.15) is 5.82 Å². The predicted octanol–water partition coefficient (Wildman–Crippen LogP) is 3.45. The highest BCUT2D eigenvalue weighted by molar-refractivity contribution is 7.14. The smallest absolute Gasteiger partial charge is 0.123 e. The summed E-state index contributed by atoms with van der Waals surface area (Å²) in [7, 11) is 0. The quantitative estimate of drug-likeness (QED) is 0.761. The zero-order valence-corrected chi connectivity index (χ0v) is 10.4. The van der Waals surface area contributed by atoms with Crippen LogP contribution in [0.1, 0.15) is 0 Å². The lowest BCUT2D eigenvalue weighted by Crippen LogP contribution is -1.87. The van der Waals surface area contributed by atoms with E-state index in [0.717, 1.165) is 11.1 Å². The Morgan fingerprint density at radius 3 is 2.67 bits per heavy atom. The Hall–Kier alpha value is -2.20. The molecule has 88 valence electrons. The van der Waals surface area contributed by atoms with Crippen LogP contribution in [0.3, 0.4) is 0 Å². The molecule has 0 aliphatic rings. The third-order valence-electron chi connectivity index (χ3n) is 2.67. The standard InChI is InChI=1S/C14H11N3S/c15-14-4-3-11(8-17-14)13-6-12(9-18-13)10-2-1-5-16-7-10/h1-9H,(H2,15,17). The van der Waals surface area contributed by atoms with E-state index in [9.17, 15) is 0 Å². The van der Waals surface area contributed by atoms with Crippen molar-refractivity contribution in [2.45, 2.75) is 0 Å². The summed E-state index contributed by atoms with van der Waals surface area (Å²) in [4.78, 5) is 9.42. The fourth-order valence-electron chi connectivity index (χ4n) is 1.72. The lowest BCUT2D eigenvalue weighted by molar-refractivity contribution is 1.33. The second-order valence-corrected chi connectivity index (χ2v) is 4.82. The fourth-order valence-corrected chi connectivity index (χ4v) is 2.63. The molecule has 18 heavy (non-hydrogen) atoms. The van der Waals surface area contributed by atoms with Crippen molar-refractivity contribution < 1.29 is 0 Å². The van der Waals surface area contributed by atoms with Gasteiger partial charge < -0.3 is 5.73 Å². The minimum atomic E-state index is 0.544. The largest absolute Gasteiger partial charge is 0.384 e. The normalized spacial score (nSPS) is 10.4. The van der Waals surface area contributed by atoms with Crippen molar-refractivity contribution in [2.75, 3.05) is 5.73 Å². The average Bonchev–Trinajstić information content (AvgIpc) is 2.90. The number of aromatic nitrogens is 2. The molecule has 3 aromatic heterocycles. The molecule has 0 aromatic carbocycles. The highest BCUT2D eigenvalue weighted by Crippen LogP contribution is 2.31. The van der Waals surface area contributed by atoms with Crippen molar-refractivity contribution in [3.05, 3.63) is 54.3 Å². The molecule has 3 aromatic rings. The zero-order valence-electron chi connectivity index (χ0n) is 9.58. The maximum atomic E-state index is 5.59. The van der Waals surface area contributed by atoms with Crippen LogP contribution in [0.15, 0.2) is 54.3 Å². The van der Waals surface area contributed by atoms with E-state index in [2.05, 4.69) is 27.5 Å². The number of thiophene rings is 1. The summed E-state index contributed by atoms with van der Waals surface area (Å²) in [5.74, 6) is 0.544. The minimum Gasteiger partial charge on any atom is -0.384 e. The van der Waals surface area contributed by atoms with Gasteiger partial charge in [0.05, 0.1) is 0 Å². The van der Waals surface area contributed by atoms with Gasteiger partial charge in [-0.2, -0.15) is 0 Å². The van der Waals surface area contributed by atoms with E-state index >= 15 is 0 Å². The monoisotopic (exact) mass is 253 g/mol. The topological polar surface area (TPSA) is 51.8 Å². The van der Waals surface area contributed by atoms with Crippen molar-refractivity contribution in [1.82, 2.24) is 9.97 Å². The molecule has 3 rings (SSSR count). The molecule has 0 atom stereocenters. The van der Waals surface area contributed by atoms with E-state index in [0.29, 0.717) is 5.82 Å². The van der Waals surface area contributed by atoms with Gasteiger partial charge in [-0.25, -0.2) is 4.98 Å². The lowest BCUT2D eigenvalue weighted by Gasteiger charge is -1.97. The van der Waals surface area contributed by atoms with Gasteiger partial charge in [0.2, 0.25) is 0 Å². The maximum absolute atomic E-state index is 5.59. The van der Waals surface area contributed by atoms with Gasteiger partial charge in [-0.1, -0.05) is 6.07 Å². The van der Waals surface area contributed by atoms with Gasteiger partial charge in [0.25, 0.3) is 0 Å². The number of pyridine rings is 2. The van der Waals surface area contributed by atoms with Crippen molar-refractivity contribution in [3.63, 3.8) is 0 Å². The highest BCUT2D eigenvalue weighted by atomic mass is 32.1. The van der Waals surface area contributed by atoms with Gasteiger partial charge >= 0.3 is 0 Å². The van der Waals surface area contributed by atoms with Crippen LogP contribution in [-0.2, 0) is 0 Å². The molecular formula is C14H11N3S. The van der Waals surface area contributed by atoms with Gasteiger partial charge in [-0.15, -0.1) is 11.3 Å². The predicted molar refractivity (Wildman–Crippen MR) is 75.2 cm³/mol. The van der Waals surface area contributed by atoms with Gasteiger partial charge in [-0.05, 0) is 35.2 Å². The minimum absolute atomic E-state index is 0.544. The molecular weight excluding hydrogens is 242 g/mol. The second kappa shape index (κ2) is 4.58. The molecule has 4 heteroatoms. The maximum Gasteiger partial charge on any atom is 0.123 e. The van der Waals surface area contributed by atoms with Crippen molar-refractivity contribution >= 4 is 17.2 Å². The summed E-state index contributed by atoms with van der Waals surface area (Å²) < 4.78 is 0. The SMILES string of the molecule is Nc1ccc(-c2cc(-c3cccnc3)cs2)cn1. The molecule has 0 unspecified atom stereocenters. The number of hydrogen-bond acceptors (Lipinski definition) is 4. The van der Waals surface area contributed by atoms with Crippen LogP contribution in [0.2, 0.25) is 0 Å². The molecule has 2 N–H and O–H groups in total. The molecule has 0 spiro atoms. The molecule has 0 aliphatic carbocycles. The number of rotatable bonds is 2. The lowest BCUT2D eigenvalue weighted by atomic mass is 10.1. The van der Waals surface area contributed by atoms with Gasteiger partial charge in [0.15, 0.2) is 0 Å². The Morgan fingerprint density at radius 1 is 1.00 bits per heavy atom. The van der Waals surface area contributed by atoms with Gasteiger partial charge in [-0.3, -0.25) is 4.98 Å². The number of hydrogen-bond donors (Lipinski definition) is 1. The van der Waals surface area contributed by atoms with Crippen LogP contribution in [-0.4, -0.2) is 9.97 Å². The molecule has 0 aliphatic heterocycles. The first-order valence-electron chi connectivity index (χ1n) is 5.54. The van der Waals surface area contributed by atoms with E-state index in [-0.39, 0.29) is 0 Å². The van der Waals surface area contributed by atoms with Crippen LogP contribution in [0, 0.1) is 0 Å². The number of nitrogens with two attached hydrogens (primary N) is 1. The Balaban J connectivity index is 1.97. The van der Waals surface area contributed by atoms with Crippen LogP contribution in [0.4, 0.5) is 5.82 Å². The van der Waals surface area contributed by atoms with Crippen molar-refractivity contribution in [3.8, 4) is 21.6 Å². The van der Waals surface area contributed by atoms with Crippen molar-refractivity contribution in [1.29, 1.82) is 0 Å². The fraction of sp³-hybridized carbons (Fsp3) is 0. The molecule has 0 amide bonds. The molecule has 0 fully saturated rings. The van der Waals surface area contributed by atoms with Crippen LogP contribution >= 0.6 is 11.3 Å². The molecule has 0 saturated carbocycles. The van der Waals surface area contributed by atoms with E-state index in [1.165, 1.54) is 10.4 Å². The molecule has 0 radical (unpaired) electrons. The Morgan fingerprint density at radius 2 is 1.94 bits per heavy atom. The molecule has 0 bridgehead atoms.